The summed E-state index contributed by atoms with van der Waals surface area (Å²) in [7, 11) is 0. The third-order valence-corrected chi connectivity index (χ3v) is 6.00. The van der Waals surface area contributed by atoms with Crippen LogP contribution >= 0.6 is 11.8 Å². The highest BCUT2D eigenvalue weighted by molar-refractivity contribution is 7.99. The lowest BCUT2D eigenvalue weighted by atomic mass is 10.0. The number of anilines is 1. The minimum absolute atomic E-state index is 0.113. The Balaban J connectivity index is 1.92. The summed E-state index contributed by atoms with van der Waals surface area (Å²) in [6.07, 6.45) is 0.753. The van der Waals surface area contributed by atoms with Crippen LogP contribution in [0.15, 0.2) is 41.6 Å². The zero-order valence-electron chi connectivity index (χ0n) is 17.9. The van der Waals surface area contributed by atoms with E-state index in [-0.39, 0.29) is 11.4 Å². The van der Waals surface area contributed by atoms with Crippen molar-refractivity contribution in [3.05, 3.63) is 59.2 Å². The Hall–Kier alpha value is -3.07. The highest BCUT2D eigenvalue weighted by Crippen LogP contribution is 2.44. The van der Waals surface area contributed by atoms with Crippen LogP contribution in [0.1, 0.15) is 44.0 Å². The van der Waals surface area contributed by atoms with Crippen molar-refractivity contribution in [2.24, 2.45) is 0 Å². The Kier molecular flexibility index (Phi) is 6.36. The van der Waals surface area contributed by atoms with Crippen molar-refractivity contribution in [1.29, 1.82) is 0 Å². The number of carbonyl (C=O) groups excluding carboxylic acids is 1. The summed E-state index contributed by atoms with van der Waals surface area (Å²) in [5, 5.41) is 8.97. The summed E-state index contributed by atoms with van der Waals surface area (Å²) in [5.74, 6) is -1.58. The molecule has 9 heteroatoms. The molecule has 2 aromatic carbocycles. The molecule has 0 saturated heterocycles. The van der Waals surface area contributed by atoms with E-state index in [0.717, 1.165) is 30.2 Å². The standard InChI is InChI=1S/C23H22F2N4O2S/c1-4-5-11-32-23-26-21-20(27-28-23)16-12-13(2)9-10-18(16)29(14(3)30)22(31-21)15-7-6-8-17(24)19(15)25/h6-10,12,22H,4-5,11H2,1-3H3/t22-/m1/s1. The van der Waals surface area contributed by atoms with E-state index >= 15 is 0 Å². The maximum atomic E-state index is 14.8. The molecule has 2 heterocycles. The van der Waals surface area contributed by atoms with Crippen LogP contribution in [0.5, 0.6) is 5.88 Å². The number of hydrogen-bond donors (Lipinski definition) is 0. The van der Waals surface area contributed by atoms with Gasteiger partial charge in [0.05, 0.1) is 11.3 Å². The maximum absolute atomic E-state index is 14.8. The Morgan fingerprint density at radius 1 is 1.22 bits per heavy atom. The third kappa shape index (κ3) is 4.17. The van der Waals surface area contributed by atoms with E-state index in [0.29, 0.717) is 22.1 Å². The van der Waals surface area contributed by atoms with E-state index in [2.05, 4.69) is 22.1 Å². The molecule has 166 valence electrons. The number of fused-ring (bicyclic) bond motifs is 3. The molecule has 0 N–H and O–H groups in total. The summed E-state index contributed by atoms with van der Waals surface area (Å²) in [6.45, 7) is 5.34. The lowest BCUT2D eigenvalue weighted by molar-refractivity contribution is -0.118. The van der Waals surface area contributed by atoms with Crippen LogP contribution in [-0.4, -0.2) is 26.8 Å². The lowest BCUT2D eigenvalue weighted by Crippen LogP contribution is -2.36. The first kappa shape index (κ1) is 22.1. The molecule has 3 aromatic rings. The molecule has 1 aliphatic rings. The summed E-state index contributed by atoms with van der Waals surface area (Å²) < 4.78 is 35.0. The van der Waals surface area contributed by atoms with E-state index in [1.807, 2.05) is 19.1 Å². The largest absolute Gasteiger partial charge is 0.447 e. The van der Waals surface area contributed by atoms with Gasteiger partial charge in [0.15, 0.2) is 17.3 Å². The van der Waals surface area contributed by atoms with E-state index < -0.39 is 23.8 Å². The summed E-state index contributed by atoms with van der Waals surface area (Å²) in [5.41, 5.74) is 2.20. The number of aryl methyl sites for hydroxylation is 1. The van der Waals surface area contributed by atoms with Gasteiger partial charge in [-0.15, -0.1) is 10.2 Å². The number of amides is 1. The van der Waals surface area contributed by atoms with Crippen LogP contribution in [0.25, 0.3) is 11.3 Å². The topological polar surface area (TPSA) is 68.2 Å². The summed E-state index contributed by atoms with van der Waals surface area (Å²) in [4.78, 5) is 18.5. The number of ether oxygens (including phenoxy) is 1. The van der Waals surface area contributed by atoms with Gasteiger partial charge in [-0.05, 0) is 31.5 Å². The minimum Gasteiger partial charge on any atom is -0.447 e. The molecule has 0 spiro atoms. The van der Waals surface area contributed by atoms with E-state index in [9.17, 15) is 13.6 Å². The first-order valence-electron chi connectivity index (χ1n) is 10.3. The van der Waals surface area contributed by atoms with Gasteiger partial charge in [-0.1, -0.05) is 48.9 Å². The van der Waals surface area contributed by atoms with Crippen molar-refractivity contribution in [3.8, 4) is 17.1 Å². The molecule has 0 bridgehead atoms. The second-order valence-electron chi connectivity index (χ2n) is 7.47. The van der Waals surface area contributed by atoms with Gasteiger partial charge in [-0.2, -0.15) is 4.98 Å². The Bertz CT molecular complexity index is 1170. The molecule has 4 rings (SSSR count). The fourth-order valence-corrected chi connectivity index (χ4v) is 4.36. The molecule has 1 amide bonds. The maximum Gasteiger partial charge on any atom is 0.247 e. The molecule has 1 aliphatic heterocycles. The minimum atomic E-state index is -1.27. The second-order valence-corrected chi connectivity index (χ2v) is 8.54. The average Bonchev–Trinajstić information content (AvgIpc) is 2.90. The molecule has 1 atom stereocenters. The Morgan fingerprint density at radius 3 is 2.78 bits per heavy atom. The number of carbonyl (C=O) groups is 1. The lowest BCUT2D eigenvalue weighted by Gasteiger charge is -2.30. The van der Waals surface area contributed by atoms with Crippen molar-refractivity contribution < 1.29 is 18.3 Å². The van der Waals surface area contributed by atoms with Crippen LogP contribution in [0.2, 0.25) is 0 Å². The van der Waals surface area contributed by atoms with Gasteiger partial charge in [0, 0.05) is 18.2 Å². The molecule has 0 fully saturated rings. The number of aromatic nitrogens is 3. The molecular weight excluding hydrogens is 434 g/mol. The molecule has 1 aromatic heterocycles. The van der Waals surface area contributed by atoms with Crippen molar-refractivity contribution in [2.45, 2.75) is 45.0 Å². The van der Waals surface area contributed by atoms with Crippen LogP contribution < -0.4 is 9.64 Å². The van der Waals surface area contributed by atoms with Gasteiger partial charge < -0.3 is 4.74 Å². The number of unbranched alkanes of at least 4 members (excludes halogenated alkanes) is 1. The van der Waals surface area contributed by atoms with Gasteiger partial charge in [-0.3, -0.25) is 9.69 Å². The first-order valence-corrected chi connectivity index (χ1v) is 11.3. The Morgan fingerprint density at radius 2 is 2.03 bits per heavy atom. The molecule has 0 saturated carbocycles. The Labute approximate surface area is 189 Å². The monoisotopic (exact) mass is 456 g/mol. The zero-order chi connectivity index (χ0) is 22.8. The smallest absolute Gasteiger partial charge is 0.247 e. The highest BCUT2D eigenvalue weighted by Gasteiger charge is 2.36. The fraction of sp³-hybridized carbons (Fsp3) is 0.304. The van der Waals surface area contributed by atoms with E-state index in [1.54, 1.807) is 6.07 Å². The first-order chi connectivity index (χ1) is 15.4. The van der Waals surface area contributed by atoms with Gasteiger partial charge in [0.25, 0.3) is 0 Å². The highest BCUT2D eigenvalue weighted by atomic mass is 32.2. The number of rotatable bonds is 5. The van der Waals surface area contributed by atoms with E-state index in [1.165, 1.54) is 35.7 Å². The number of nitrogens with zero attached hydrogens (tertiary/aromatic N) is 4. The quantitative estimate of drug-likeness (QED) is 0.375. The number of halogens is 2. The van der Waals surface area contributed by atoms with E-state index in [4.69, 9.17) is 4.74 Å². The normalized spacial score (nSPS) is 14.9. The molecule has 0 unspecified atom stereocenters. The zero-order valence-corrected chi connectivity index (χ0v) is 18.7. The molecule has 32 heavy (non-hydrogen) atoms. The molecular formula is C23H22F2N4O2S. The van der Waals surface area contributed by atoms with Crippen molar-refractivity contribution in [1.82, 2.24) is 15.2 Å². The van der Waals surface area contributed by atoms with Crippen molar-refractivity contribution >= 4 is 23.4 Å². The van der Waals surface area contributed by atoms with Gasteiger partial charge in [-0.25, -0.2) is 8.78 Å². The third-order valence-electron chi connectivity index (χ3n) is 5.08. The SMILES string of the molecule is CCCCSc1nnc2c(n1)O[C@H](c1cccc(F)c1F)N(C(C)=O)c1ccc(C)cc1-2. The number of thioether (sulfide) groups is 1. The van der Waals surface area contributed by atoms with Crippen molar-refractivity contribution in [3.63, 3.8) is 0 Å². The molecule has 6 nitrogen and oxygen atoms in total. The average molecular weight is 457 g/mol. The summed E-state index contributed by atoms with van der Waals surface area (Å²) in [6, 6.07) is 9.20. The number of benzene rings is 2. The predicted molar refractivity (Wildman–Crippen MR) is 119 cm³/mol. The predicted octanol–water partition coefficient (Wildman–Crippen LogP) is 5.46. The second kappa shape index (κ2) is 9.20. The van der Waals surface area contributed by atoms with Gasteiger partial charge >= 0.3 is 0 Å². The van der Waals surface area contributed by atoms with Crippen molar-refractivity contribution in [2.75, 3.05) is 10.7 Å². The van der Waals surface area contributed by atoms with Crippen LogP contribution in [0, 0.1) is 18.6 Å². The van der Waals surface area contributed by atoms with Crippen LogP contribution in [0.3, 0.4) is 0 Å². The molecule has 0 radical (unpaired) electrons. The van der Waals surface area contributed by atoms with Crippen LogP contribution in [0.4, 0.5) is 14.5 Å². The summed E-state index contributed by atoms with van der Waals surface area (Å²) >= 11 is 1.44. The van der Waals surface area contributed by atoms with Gasteiger partial charge in [0.2, 0.25) is 23.2 Å². The van der Waals surface area contributed by atoms with Crippen LogP contribution in [-0.2, 0) is 4.79 Å². The fourth-order valence-electron chi connectivity index (χ4n) is 3.50. The molecule has 0 aliphatic carbocycles. The van der Waals surface area contributed by atoms with Gasteiger partial charge in [0.1, 0.15) is 0 Å². The number of hydrogen-bond acceptors (Lipinski definition) is 6.